The zero-order valence-electron chi connectivity index (χ0n) is 8.91. The van der Waals surface area contributed by atoms with Gasteiger partial charge in [-0.3, -0.25) is 5.32 Å². The monoisotopic (exact) mass is 278 g/mol. The zero-order chi connectivity index (χ0) is 12.5. The van der Waals surface area contributed by atoms with Crippen LogP contribution in [-0.4, -0.2) is 33.4 Å². The fraction of sp³-hybridized carbons (Fsp3) is 0.400. The van der Waals surface area contributed by atoms with Crippen LogP contribution in [0.5, 0.6) is 0 Å². The van der Waals surface area contributed by atoms with Crippen LogP contribution >= 0.6 is 11.6 Å². The van der Waals surface area contributed by atoms with Crippen molar-refractivity contribution in [1.82, 2.24) is 10.6 Å². The number of halogens is 2. The molecule has 0 aliphatic carbocycles. The normalized spacial score (nSPS) is 21.4. The maximum absolute atomic E-state index is 13.6. The molecule has 1 unspecified atom stereocenters. The van der Waals surface area contributed by atoms with Crippen LogP contribution < -0.4 is 10.6 Å². The summed E-state index contributed by atoms with van der Waals surface area (Å²) in [5.74, 6) is -0.815. The molecule has 94 valence electrons. The standard InChI is InChI=1S/C10H12ClFN2O2S/c11-7-2-1-3-8(12)10(7)17(15,16)9-6-13-4-5-14-9/h1-3,9,13-14H,4-6H2. The number of benzene rings is 1. The number of hydrogen-bond acceptors (Lipinski definition) is 4. The minimum atomic E-state index is -3.80. The Balaban J connectivity index is 2.44. The van der Waals surface area contributed by atoms with Gasteiger partial charge in [0.15, 0.2) is 9.84 Å². The molecule has 0 bridgehead atoms. The van der Waals surface area contributed by atoms with Gasteiger partial charge in [0, 0.05) is 19.6 Å². The summed E-state index contributed by atoms with van der Waals surface area (Å²) in [7, 11) is -3.80. The number of rotatable bonds is 2. The predicted octanol–water partition coefficient (Wildman–Crippen LogP) is 0.772. The van der Waals surface area contributed by atoms with Gasteiger partial charge in [-0.05, 0) is 12.1 Å². The number of hydrogen-bond donors (Lipinski definition) is 2. The van der Waals surface area contributed by atoms with E-state index in [4.69, 9.17) is 11.6 Å². The molecule has 1 aliphatic rings. The lowest BCUT2D eigenvalue weighted by molar-refractivity contribution is 0.471. The van der Waals surface area contributed by atoms with Crippen LogP contribution in [0.15, 0.2) is 23.1 Å². The molecule has 1 aromatic rings. The molecule has 1 atom stereocenters. The summed E-state index contributed by atoms with van der Waals surface area (Å²) in [6.45, 7) is 1.46. The summed E-state index contributed by atoms with van der Waals surface area (Å²) in [5.41, 5.74) is 0. The molecule has 1 aliphatic heterocycles. The van der Waals surface area contributed by atoms with E-state index in [2.05, 4.69) is 10.6 Å². The van der Waals surface area contributed by atoms with E-state index in [0.29, 0.717) is 13.1 Å². The van der Waals surface area contributed by atoms with Gasteiger partial charge < -0.3 is 5.32 Å². The SMILES string of the molecule is O=S(=O)(c1c(F)cccc1Cl)C1CNCCN1. The van der Waals surface area contributed by atoms with E-state index in [0.717, 1.165) is 6.07 Å². The van der Waals surface area contributed by atoms with Crippen LogP contribution in [-0.2, 0) is 9.84 Å². The Labute approximate surface area is 104 Å². The smallest absolute Gasteiger partial charge is 0.199 e. The largest absolute Gasteiger partial charge is 0.313 e. The first-order chi connectivity index (χ1) is 8.03. The van der Waals surface area contributed by atoms with Crippen molar-refractivity contribution >= 4 is 21.4 Å². The van der Waals surface area contributed by atoms with E-state index in [9.17, 15) is 12.8 Å². The molecule has 0 saturated carbocycles. The molecule has 0 spiro atoms. The second-order valence-corrected chi connectivity index (χ2v) is 6.22. The Kier molecular flexibility index (Phi) is 3.67. The molecule has 17 heavy (non-hydrogen) atoms. The summed E-state index contributed by atoms with van der Waals surface area (Å²) in [5, 5.41) is 4.85. The highest BCUT2D eigenvalue weighted by Gasteiger charge is 2.32. The van der Waals surface area contributed by atoms with Gasteiger partial charge in [-0.15, -0.1) is 0 Å². The highest BCUT2D eigenvalue weighted by Crippen LogP contribution is 2.27. The lowest BCUT2D eigenvalue weighted by Crippen LogP contribution is -2.52. The molecular formula is C10H12ClFN2O2S. The van der Waals surface area contributed by atoms with Gasteiger partial charge in [0.2, 0.25) is 0 Å². The van der Waals surface area contributed by atoms with Gasteiger partial charge in [-0.1, -0.05) is 17.7 Å². The molecule has 0 aromatic heterocycles. The summed E-state index contributed by atoms with van der Waals surface area (Å²) in [6.07, 6.45) is 0. The van der Waals surface area contributed by atoms with Crippen LogP contribution in [0.3, 0.4) is 0 Å². The lowest BCUT2D eigenvalue weighted by Gasteiger charge is -2.24. The van der Waals surface area contributed by atoms with Gasteiger partial charge >= 0.3 is 0 Å². The van der Waals surface area contributed by atoms with E-state index in [1.165, 1.54) is 12.1 Å². The molecule has 1 fully saturated rings. The third-order valence-electron chi connectivity index (χ3n) is 2.58. The second kappa shape index (κ2) is 4.89. The van der Waals surface area contributed by atoms with E-state index in [-0.39, 0.29) is 11.6 Å². The third-order valence-corrected chi connectivity index (χ3v) is 5.07. The van der Waals surface area contributed by atoms with E-state index in [1.807, 2.05) is 0 Å². The van der Waals surface area contributed by atoms with Gasteiger partial charge in [0.25, 0.3) is 0 Å². The van der Waals surface area contributed by atoms with Crippen molar-refractivity contribution in [3.63, 3.8) is 0 Å². The number of nitrogens with one attached hydrogen (secondary N) is 2. The van der Waals surface area contributed by atoms with Crippen molar-refractivity contribution in [3.05, 3.63) is 29.0 Å². The van der Waals surface area contributed by atoms with Crippen molar-refractivity contribution in [1.29, 1.82) is 0 Å². The summed E-state index contributed by atoms with van der Waals surface area (Å²) < 4.78 is 38.0. The van der Waals surface area contributed by atoms with Crippen molar-refractivity contribution < 1.29 is 12.8 Å². The van der Waals surface area contributed by atoms with Gasteiger partial charge in [-0.25, -0.2) is 12.8 Å². The molecule has 1 saturated heterocycles. The van der Waals surface area contributed by atoms with Crippen molar-refractivity contribution in [2.24, 2.45) is 0 Å². The zero-order valence-corrected chi connectivity index (χ0v) is 10.5. The van der Waals surface area contributed by atoms with Crippen molar-refractivity contribution in [2.75, 3.05) is 19.6 Å². The maximum Gasteiger partial charge on any atom is 0.199 e. The minimum absolute atomic E-state index is 0.0858. The van der Waals surface area contributed by atoms with Gasteiger partial charge in [-0.2, -0.15) is 0 Å². The fourth-order valence-electron chi connectivity index (χ4n) is 1.74. The van der Waals surface area contributed by atoms with Gasteiger partial charge in [0.1, 0.15) is 16.1 Å². The predicted molar refractivity (Wildman–Crippen MR) is 63.3 cm³/mol. The van der Waals surface area contributed by atoms with Crippen LogP contribution in [0, 0.1) is 5.82 Å². The van der Waals surface area contributed by atoms with E-state index >= 15 is 0 Å². The van der Waals surface area contributed by atoms with Crippen molar-refractivity contribution in [3.8, 4) is 0 Å². The topological polar surface area (TPSA) is 58.2 Å². The molecule has 1 heterocycles. The second-order valence-electron chi connectivity index (χ2n) is 3.74. The fourth-order valence-corrected chi connectivity index (χ4v) is 3.87. The Morgan fingerprint density at radius 3 is 2.71 bits per heavy atom. The van der Waals surface area contributed by atoms with E-state index < -0.39 is 25.9 Å². The van der Waals surface area contributed by atoms with Crippen LogP contribution in [0.25, 0.3) is 0 Å². The highest BCUT2D eigenvalue weighted by molar-refractivity contribution is 7.92. The van der Waals surface area contributed by atoms with Crippen LogP contribution in [0.4, 0.5) is 4.39 Å². The molecular weight excluding hydrogens is 267 g/mol. The quantitative estimate of drug-likeness (QED) is 0.839. The molecule has 1 aromatic carbocycles. The minimum Gasteiger partial charge on any atom is -0.313 e. The third kappa shape index (κ3) is 2.44. The van der Waals surface area contributed by atoms with Crippen LogP contribution in [0.2, 0.25) is 5.02 Å². The summed E-state index contributed by atoms with van der Waals surface area (Å²) in [6, 6.07) is 3.84. The van der Waals surface area contributed by atoms with Crippen LogP contribution in [0.1, 0.15) is 0 Å². The first-order valence-electron chi connectivity index (χ1n) is 5.15. The summed E-state index contributed by atoms with van der Waals surface area (Å²) >= 11 is 5.77. The molecule has 2 N–H and O–H groups in total. The number of piperazine rings is 1. The Morgan fingerprint density at radius 2 is 2.12 bits per heavy atom. The lowest BCUT2D eigenvalue weighted by atomic mass is 10.3. The van der Waals surface area contributed by atoms with E-state index in [1.54, 1.807) is 0 Å². The molecule has 0 radical (unpaired) electrons. The molecule has 7 heteroatoms. The summed E-state index contributed by atoms with van der Waals surface area (Å²) in [4.78, 5) is -0.428. The molecule has 4 nitrogen and oxygen atoms in total. The maximum atomic E-state index is 13.6. The highest BCUT2D eigenvalue weighted by atomic mass is 35.5. The van der Waals surface area contributed by atoms with Gasteiger partial charge in [0.05, 0.1) is 5.02 Å². The average molecular weight is 279 g/mol. The molecule has 2 rings (SSSR count). The Morgan fingerprint density at radius 1 is 1.35 bits per heavy atom. The van der Waals surface area contributed by atoms with Crippen molar-refractivity contribution in [2.45, 2.75) is 10.3 Å². The Bertz CT molecular complexity index is 495. The first-order valence-corrected chi connectivity index (χ1v) is 7.08. The first kappa shape index (κ1) is 12.8. The molecule has 0 amide bonds. The number of sulfone groups is 1. The Hall–Kier alpha value is -0.690. The average Bonchev–Trinajstić information content (AvgIpc) is 2.29.